The number of piperidine rings is 1. The Labute approximate surface area is 336 Å². The van der Waals surface area contributed by atoms with Gasteiger partial charge in [-0.3, -0.25) is 28.9 Å². The second kappa shape index (κ2) is 22.6. The van der Waals surface area contributed by atoms with Crippen LogP contribution in [0.2, 0.25) is 0 Å². The Morgan fingerprint density at radius 3 is 2.30 bits per heavy atom. The number of likely N-dealkylation sites (N-methyl/N-ethyl adjacent to an activating group) is 1. The molecule has 3 N–H and O–H groups in total. The number of likely N-dealkylation sites (tertiary alicyclic amines) is 1. The summed E-state index contributed by atoms with van der Waals surface area (Å²) in [6.45, 7) is 12.1. The molecule has 0 radical (unpaired) electrons. The first-order chi connectivity index (χ1) is 26.6. The highest BCUT2D eigenvalue weighted by Gasteiger charge is 2.39. The van der Waals surface area contributed by atoms with Crippen LogP contribution >= 0.6 is 11.3 Å². The predicted molar refractivity (Wildman–Crippen MR) is 214 cm³/mol. The van der Waals surface area contributed by atoms with Gasteiger partial charge in [-0.1, -0.05) is 59.6 Å². The van der Waals surface area contributed by atoms with E-state index in [-0.39, 0.29) is 61.4 Å². The van der Waals surface area contributed by atoms with Crippen LogP contribution in [0.5, 0.6) is 5.75 Å². The first-order valence-corrected chi connectivity index (χ1v) is 20.6. The number of hydrogen-bond donors (Lipinski definition) is 3. The maximum Gasteiger partial charge on any atom is 0.306 e. The Kier molecular flexibility index (Phi) is 18.7. The van der Waals surface area contributed by atoms with E-state index < -0.39 is 48.0 Å². The number of nitrogens with one attached hydrogen (secondary N) is 2. The van der Waals surface area contributed by atoms with Gasteiger partial charge in [-0.05, 0) is 68.8 Å². The monoisotopic (exact) mass is 801 g/mol. The Morgan fingerprint density at radius 2 is 1.73 bits per heavy atom. The zero-order valence-corrected chi connectivity index (χ0v) is 35.4. The molecule has 312 valence electrons. The molecule has 15 heteroatoms. The van der Waals surface area contributed by atoms with Crippen molar-refractivity contribution in [2.45, 2.75) is 117 Å². The molecule has 1 saturated heterocycles. The van der Waals surface area contributed by atoms with E-state index in [2.05, 4.69) is 15.6 Å². The molecule has 1 aromatic carbocycles. The van der Waals surface area contributed by atoms with E-state index in [1.165, 1.54) is 18.3 Å². The van der Waals surface area contributed by atoms with Crippen LogP contribution < -0.4 is 15.4 Å². The van der Waals surface area contributed by atoms with Crippen molar-refractivity contribution in [1.29, 1.82) is 0 Å². The summed E-state index contributed by atoms with van der Waals surface area (Å²) in [7, 11) is 5.07. The summed E-state index contributed by atoms with van der Waals surface area (Å²) in [6, 6.07) is 5.29. The summed E-state index contributed by atoms with van der Waals surface area (Å²) < 4.78 is 16.5. The lowest BCUT2D eigenvalue weighted by Crippen LogP contribution is -2.59. The van der Waals surface area contributed by atoms with Gasteiger partial charge in [-0.15, -0.1) is 11.3 Å². The van der Waals surface area contributed by atoms with E-state index in [0.717, 1.165) is 31.4 Å². The lowest BCUT2D eigenvalue weighted by Gasteiger charge is -2.40. The van der Waals surface area contributed by atoms with Crippen molar-refractivity contribution in [2.75, 3.05) is 41.0 Å². The maximum absolute atomic E-state index is 14.6. The summed E-state index contributed by atoms with van der Waals surface area (Å²) >= 11 is 1.17. The molecule has 2 aromatic rings. The minimum atomic E-state index is -0.966. The summed E-state index contributed by atoms with van der Waals surface area (Å²) in [5.41, 5.74) is 0.997. The number of aliphatic carboxylic acids is 1. The molecule has 1 aromatic heterocycles. The molecule has 2 heterocycles. The van der Waals surface area contributed by atoms with Gasteiger partial charge >= 0.3 is 11.9 Å². The number of benzene rings is 1. The number of ether oxygens (including phenoxy) is 3. The fourth-order valence-corrected chi connectivity index (χ4v) is 7.93. The van der Waals surface area contributed by atoms with Gasteiger partial charge in [0, 0.05) is 44.5 Å². The number of amides is 3. The molecular formula is C41H63N5O9S. The van der Waals surface area contributed by atoms with E-state index >= 15 is 0 Å². The molecule has 3 rings (SSSR count). The van der Waals surface area contributed by atoms with Crippen LogP contribution in [0.1, 0.15) is 107 Å². The molecule has 56 heavy (non-hydrogen) atoms. The Balaban J connectivity index is 1.90. The topological polar surface area (TPSA) is 177 Å². The number of carboxylic acid groups (broad SMARTS) is 1. The van der Waals surface area contributed by atoms with Crippen LogP contribution in [0.3, 0.4) is 0 Å². The summed E-state index contributed by atoms with van der Waals surface area (Å²) in [6.07, 6.45) is 3.25. The standard InChI is InChI=1S/C41H63N5O9S/c1-10-26(4)36(44-38(49)33-13-11-12-18-45(33)7)40(50)46(19-20-53-8)34(25(2)3)23-35(55-28(6)47)39-43-32(24-56-39)37(48)42-30(21-27(5)41(51)52)22-29-14-16-31(54-9)17-15-29/h14-17,24-27,30,33-36H,10-13,18-23H2,1-9H3,(H,42,48)(H,44,49)(H,51,52)/t26-,27-,30+,33+,34+,35+,36-/m0/s1. The number of hydrogen-bond acceptors (Lipinski definition) is 11. The number of thiazole rings is 1. The fraction of sp³-hybridized carbons (Fsp3) is 0.659. The van der Waals surface area contributed by atoms with Crippen LogP contribution in [-0.2, 0) is 35.1 Å². The largest absolute Gasteiger partial charge is 0.497 e. The predicted octanol–water partition coefficient (Wildman–Crippen LogP) is 5.11. The van der Waals surface area contributed by atoms with Gasteiger partial charge in [0.1, 0.15) is 22.5 Å². The number of nitrogens with zero attached hydrogens (tertiary/aromatic N) is 3. The zero-order chi connectivity index (χ0) is 41.5. The zero-order valence-electron chi connectivity index (χ0n) is 34.5. The molecule has 0 spiro atoms. The lowest BCUT2D eigenvalue weighted by molar-refractivity contribution is -0.150. The molecule has 0 aliphatic carbocycles. The van der Waals surface area contributed by atoms with Crippen LogP contribution in [0.15, 0.2) is 29.6 Å². The molecule has 3 amide bonds. The first kappa shape index (κ1) is 46.3. The third-order valence-corrected chi connectivity index (χ3v) is 11.6. The van der Waals surface area contributed by atoms with Crippen molar-refractivity contribution >= 4 is 41.0 Å². The molecule has 1 aliphatic heterocycles. The lowest BCUT2D eigenvalue weighted by atomic mass is 9.92. The fourth-order valence-electron chi connectivity index (χ4n) is 7.09. The van der Waals surface area contributed by atoms with E-state index in [9.17, 15) is 29.1 Å². The van der Waals surface area contributed by atoms with Gasteiger partial charge in [-0.2, -0.15) is 0 Å². The van der Waals surface area contributed by atoms with E-state index in [0.29, 0.717) is 23.6 Å². The van der Waals surface area contributed by atoms with Gasteiger partial charge in [0.2, 0.25) is 11.8 Å². The molecule has 1 aliphatic rings. The Bertz CT molecular complexity index is 1590. The normalized spacial score (nSPS) is 17.9. The summed E-state index contributed by atoms with van der Waals surface area (Å²) in [5.74, 6) is -2.69. The van der Waals surface area contributed by atoms with Gasteiger partial charge < -0.3 is 34.9 Å². The number of carbonyl (C=O) groups is 5. The third-order valence-electron chi connectivity index (χ3n) is 10.7. The number of aromatic nitrogens is 1. The van der Waals surface area contributed by atoms with Crippen LogP contribution in [-0.4, -0.2) is 115 Å². The Morgan fingerprint density at radius 1 is 1.04 bits per heavy atom. The smallest absolute Gasteiger partial charge is 0.306 e. The van der Waals surface area contributed by atoms with Crippen LogP contribution in [0, 0.1) is 17.8 Å². The van der Waals surface area contributed by atoms with E-state index in [4.69, 9.17) is 14.2 Å². The minimum Gasteiger partial charge on any atom is -0.497 e. The highest BCUT2D eigenvalue weighted by molar-refractivity contribution is 7.09. The molecular weight excluding hydrogens is 739 g/mol. The second-order valence-electron chi connectivity index (χ2n) is 15.3. The van der Waals surface area contributed by atoms with E-state index in [1.807, 2.05) is 63.9 Å². The minimum absolute atomic E-state index is 0.102. The molecule has 0 bridgehead atoms. The number of rotatable bonds is 22. The van der Waals surface area contributed by atoms with Crippen molar-refractivity contribution in [2.24, 2.45) is 17.8 Å². The van der Waals surface area contributed by atoms with Crippen molar-refractivity contribution in [3.05, 3.63) is 45.9 Å². The molecule has 0 unspecified atom stereocenters. The van der Waals surface area contributed by atoms with Gasteiger partial charge in [-0.25, -0.2) is 4.98 Å². The maximum atomic E-state index is 14.6. The third kappa shape index (κ3) is 13.5. The van der Waals surface area contributed by atoms with Crippen molar-refractivity contribution in [3.63, 3.8) is 0 Å². The van der Waals surface area contributed by atoms with Gasteiger partial charge in [0.05, 0.1) is 25.7 Å². The quantitative estimate of drug-likeness (QED) is 0.135. The first-order valence-electron chi connectivity index (χ1n) is 19.7. The van der Waals surface area contributed by atoms with E-state index in [1.54, 1.807) is 31.4 Å². The van der Waals surface area contributed by atoms with Crippen molar-refractivity contribution < 1.29 is 43.3 Å². The molecule has 1 fully saturated rings. The highest BCUT2D eigenvalue weighted by atomic mass is 32.1. The number of methoxy groups -OCH3 is 2. The Hall–Kier alpha value is -4.08. The van der Waals surface area contributed by atoms with Crippen LogP contribution in [0.4, 0.5) is 0 Å². The number of carbonyl (C=O) groups excluding carboxylic acids is 4. The molecule has 7 atom stereocenters. The van der Waals surface area contributed by atoms with Gasteiger partial charge in [0.25, 0.3) is 5.91 Å². The average molecular weight is 802 g/mol. The SMILES string of the molecule is CC[C@H](C)[C@H](NC(=O)[C@H]1CCCCN1C)C(=O)N(CCOC)[C@H](C[C@@H](OC(C)=O)c1nc(C(=O)N[C@@H](Cc2ccc(OC)cc2)C[C@H](C)C(=O)O)cs1)C(C)C. The summed E-state index contributed by atoms with van der Waals surface area (Å²) in [5, 5.41) is 17.7. The van der Waals surface area contributed by atoms with Crippen molar-refractivity contribution in [3.8, 4) is 5.75 Å². The number of carboxylic acids is 1. The average Bonchev–Trinajstić information content (AvgIpc) is 3.66. The summed E-state index contributed by atoms with van der Waals surface area (Å²) in [4.78, 5) is 74.6. The van der Waals surface area contributed by atoms with Crippen LogP contribution in [0.25, 0.3) is 0 Å². The molecule has 14 nitrogen and oxygen atoms in total. The second-order valence-corrected chi connectivity index (χ2v) is 16.2. The highest BCUT2D eigenvalue weighted by Crippen LogP contribution is 2.32. The molecule has 0 saturated carbocycles. The van der Waals surface area contributed by atoms with Crippen molar-refractivity contribution in [1.82, 2.24) is 25.4 Å². The van der Waals surface area contributed by atoms with Gasteiger partial charge in [0.15, 0.2) is 6.10 Å². The number of esters is 1.